The van der Waals surface area contributed by atoms with Crippen molar-refractivity contribution in [2.75, 3.05) is 0 Å². The van der Waals surface area contributed by atoms with Gasteiger partial charge >= 0.3 is 0 Å². The molecule has 3 N–H and O–H groups in total. The topological polar surface area (TPSA) is 72.0 Å². The Bertz CT molecular complexity index is 586. The van der Waals surface area contributed by atoms with Crippen LogP contribution in [0.15, 0.2) is 41.0 Å². The van der Waals surface area contributed by atoms with E-state index < -0.39 is 0 Å². The van der Waals surface area contributed by atoms with Gasteiger partial charge in [-0.15, -0.1) is 0 Å². The summed E-state index contributed by atoms with van der Waals surface area (Å²) in [5.74, 6) is 0.394. The second-order valence-corrected chi connectivity index (χ2v) is 4.33. The predicted molar refractivity (Wildman–Crippen MR) is 69.4 cm³/mol. The standard InChI is InChI=1S/C12H9BrFN3O/c13-9-5-8(2-3-10(9)14)18-11-4-1-7(6-17-11)12(15)16/h1-6H,(H3,15,16). The van der Waals surface area contributed by atoms with Gasteiger partial charge in [0.05, 0.1) is 4.47 Å². The predicted octanol–water partition coefficient (Wildman–Crippen LogP) is 3.06. The van der Waals surface area contributed by atoms with Crippen LogP contribution in [0.5, 0.6) is 11.6 Å². The molecule has 6 heteroatoms. The molecular formula is C12H9BrFN3O. The van der Waals surface area contributed by atoms with Gasteiger partial charge in [-0.1, -0.05) is 0 Å². The van der Waals surface area contributed by atoms with Crippen LogP contribution in [0.2, 0.25) is 0 Å². The molecule has 0 aliphatic carbocycles. The van der Waals surface area contributed by atoms with E-state index in [4.69, 9.17) is 15.9 Å². The first kappa shape index (κ1) is 12.5. The summed E-state index contributed by atoms with van der Waals surface area (Å²) in [6.45, 7) is 0. The average molecular weight is 310 g/mol. The van der Waals surface area contributed by atoms with Gasteiger partial charge in [-0.05, 0) is 40.2 Å². The first-order chi connectivity index (χ1) is 8.56. The SMILES string of the molecule is N=C(N)c1ccc(Oc2ccc(F)c(Br)c2)nc1. The van der Waals surface area contributed by atoms with Gasteiger partial charge in [0.25, 0.3) is 0 Å². The molecule has 92 valence electrons. The minimum atomic E-state index is -0.359. The number of halogens is 2. The Labute approximate surface area is 111 Å². The fourth-order valence-corrected chi connectivity index (χ4v) is 1.62. The molecule has 0 aliphatic rings. The molecule has 0 saturated carbocycles. The van der Waals surface area contributed by atoms with Crippen LogP contribution in [0.1, 0.15) is 5.56 Å². The van der Waals surface area contributed by atoms with Crippen molar-refractivity contribution < 1.29 is 9.13 Å². The number of pyridine rings is 1. The number of hydrogen-bond donors (Lipinski definition) is 2. The van der Waals surface area contributed by atoms with E-state index in [-0.39, 0.29) is 11.7 Å². The third-order valence-corrected chi connectivity index (χ3v) is 2.77. The van der Waals surface area contributed by atoms with Crippen molar-refractivity contribution in [1.82, 2.24) is 4.98 Å². The Morgan fingerprint density at radius 3 is 2.67 bits per heavy atom. The molecule has 0 saturated heterocycles. The monoisotopic (exact) mass is 309 g/mol. The lowest BCUT2D eigenvalue weighted by atomic mass is 10.3. The number of aromatic nitrogens is 1. The molecule has 0 aliphatic heterocycles. The molecule has 1 aromatic heterocycles. The molecule has 0 fully saturated rings. The Hall–Kier alpha value is -1.95. The molecule has 1 heterocycles. The molecule has 1 aromatic carbocycles. The number of amidine groups is 1. The van der Waals surface area contributed by atoms with E-state index in [0.717, 1.165) is 0 Å². The van der Waals surface area contributed by atoms with Gasteiger partial charge in [0, 0.05) is 17.8 Å². The van der Waals surface area contributed by atoms with Gasteiger partial charge < -0.3 is 10.5 Å². The Kier molecular flexibility index (Phi) is 3.57. The second kappa shape index (κ2) is 5.14. The number of ether oxygens (including phenoxy) is 1. The van der Waals surface area contributed by atoms with Crippen LogP contribution in [-0.2, 0) is 0 Å². The third kappa shape index (κ3) is 2.84. The normalized spacial score (nSPS) is 10.1. The average Bonchev–Trinajstić information content (AvgIpc) is 2.34. The summed E-state index contributed by atoms with van der Waals surface area (Å²) >= 11 is 3.07. The number of nitrogens with one attached hydrogen (secondary N) is 1. The van der Waals surface area contributed by atoms with E-state index in [9.17, 15) is 4.39 Å². The summed E-state index contributed by atoms with van der Waals surface area (Å²) in [7, 11) is 0. The van der Waals surface area contributed by atoms with E-state index in [1.165, 1.54) is 24.4 Å². The maximum Gasteiger partial charge on any atom is 0.219 e. The molecule has 0 spiro atoms. The van der Waals surface area contributed by atoms with E-state index >= 15 is 0 Å². The van der Waals surface area contributed by atoms with Crippen molar-refractivity contribution in [3.8, 4) is 11.6 Å². The molecule has 0 atom stereocenters. The van der Waals surface area contributed by atoms with Gasteiger partial charge in [-0.25, -0.2) is 9.37 Å². The fraction of sp³-hybridized carbons (Fsp3) is 0. The van der Waals surface area contributed by atoms with Gasteiger partial charge in [0.15, 0.2) is 0 Å². The molecule has 18 heavy (non-hydrogen) atoms. The maximum atomic E-state index is 13.0. The Morgan fingerprint density at radius 1 is 1.33 bits per heavy atom. The van der Waals surface area contributed by atoms with Crippen LogP contribution in [0.4, 0.5) is 4.39 Å². The molecule has 2 aromatic rings. The summed E-state index contributed by atoms with van der Waals surface area (Å²) in [6, 6.07) is 7.52. The highest BCUT2D eigenvalue weighted by Crippen LogP contribution is 2.25. The quantitative estimate of drug-likeness (QED) is 0.676. The van der Waals surface area contributed by atoms with Crippen LogP contribution in [0.25, 0.3) is 0 Å². The third-order valence-electron chi connectivity index (χ3n) is 2.16. The van der Waals surface area contributed by atoms with Crippen molar-refractivity contribution >= 4 is 21.8 Å². The number of nitrogens with zero attached hydrogens (tertiary/aromatic N) is 1. The van der Waals surface area contributed by atoms with Crippen molar-refractivity contribution in [3.63, 3.8) is 0 Å². The zero-order valence-corrected chi connectivity index (χ0v) is 10.7. The summed E-state index contributed by atoms with van der Waals surface area (Å²) in [5, 5.41) is 7.23. The number of benzene rings is 1. The fourth-order valence-electron chi connectivity index (χ4n) is 1.26. The first-order valence-corrected chi connectivity index (χ1v) is 5.79. The number of hydrogen-bond acceptors (Lipinski definition) is 3. The number of rotatable bonds is 3. The minimum absolute atomic E-state index is 0.0569. The lowest BCUT2D eigenvalue weighted by Crippen LogP contribution is -2.11. The lowest BCUT2D eigenvalue weighted by Gasteiger charge is -2.06. The van der Waals surface area contributed by atoms with Crippen LogP contribution in [-0.4, -0.2) is 10.8 Å². The Balaban J connectivity index is 2.18. The number of nitrogen functional groups attached to an aromatic ring is 1. The van der Waals surface area contributed by atoms with Crippen LogP contribution in [0.3, 0.4) is 0 Å². The van der Waals surface area contributed by atoms with Crippen LogP contribution in [0, 0.1) is 11.2 Å². The van der Waals surface area contributed by atoms with Crippen molar-refractivity contribution in [1.29, 1.82) is 5.41 Å². The van der Waals surface area contributed by atoms with Crippen LogP contribution < -0.4 is 10.5 Å². The van der Waals surface area contributed by atoms with E-state index in [1.54, 1.807) is 12.1 Å². The summed E-state index contributed by atoms with van der Waals surface area (Å²) in [4.78, 5) is 4.00. The van der Waals surface area contributed by atoms with E-state index in [0.29, 0.717) is 21.7 Å². The first-order valence-electron chi connectivity index (χ1n) is 4.99. The van der Waals surface area contributed by atoms with E-state index in [2.05, 4.69) is 20.9 Å². The molecule has 4 nitrogen and oxygen atoms in total. The zero-order chi connectivity index (χ0) is 13.1. The molecule has 0 bridgehead atoms. The number of nitrogens with two attached hydrogens (primary N) is 1. The highest BCUT2D eigenvalue weighted by atomic mass is 79.9. The van der Waals surface area contributed by atoms with Gasteiger partial charge in [-0.3, -0.25) is 5.41 Å². The minimum Gasteiger partial charge on any atom is -0.439 e. The largest absolute Gasteiger partial charge is 0.439 e. The second-order valence-electron chi connectivity index (χ2n) is 3.48. The summed E-state index contributed by atoms with van der Waals surface area (Å²) < 4.78 is 18.8. The van der Waals surface area contributed by atoms with Gasteiger partial charge in [0.1, 0.15) is 17.4 Å². The van der Waals surface area contributed by atoms with Gasteiger partial charge in [0.2, 0.25) is 5.88 Å². The lowest BCUT2D eigenvalue weighted by molar-refractivity contribution is 0.460. The Morgan fingerprint density at radius 2 is 2.11 bits per heavy atom. The highest BCUT2D eigenvalue weighted by Gasteiger charge is 2.04. The molecule has 0 radical (unpaired) electrons. The van der Waals surface area contributed by atoms with Crippen molar-refractivity contribution in [2.45, 2.75) is 0 Å². The molecule has 0 amide bonds. The van der Waals surface area contributed by atoms with Crippen LogP contribution >= 0.6 is 15.9 Å². The molecule has 0 unspecified atom stereocenters. The van der Waals surface area contributed by atoms with Gasteiger partial charge in [-0.2, -0.15) is 0 Å². The zero-order valence-electron chi connectivity index (χ0n) is 9.15. The molecule has 2 rings (SSSR count). The van der Waals surface area contributed by atoms with Crippen molar-refractivity contribution in [2.24, 2.45) is 5.73 Å². The molecular weight excluding hydrogens is 301 g/mol. The maximum absolute atomic E-state index is 13.0. The smallest absolute Gasteiger partial charge is 0.219 e. The summed E-state index contributed by atoms with van der Waals surface area (Å²) in [5.41, 5.74) is 5.82. The highest BCUT2D eigenvalue weighted by molar-refractivity contribution is 9.10. The summed E-state index contributed by atoms with van der Waals surface area (Å²) in [6.07, 6.45) is 1.44. The van der Waals surface area contributed by atoms with Crippen molar-refractivity contribution in [3.05, 3.63) is 52.4 Å². The van der Waals surface area contributed by atoms with E-state index in [1.807, 2.05) is 0 Å².